The Morgan fingerprint density at radius 2 is 2.00 bits per heavy atom. The first-order chi connectivity index (χ1) is 14.5. The number of carbonyl (C=O) groups is 3. The molecule has 0 bridgehead atoms. The Hall–Kier alpha value is -3.03. The fourth-order valence-corrected chi connectivity index (χ4v) is 3.78. The van der Waals surface area contributed by atoms with E-state index in [4.69, 9.17) is 9.47 Å². The Morgan fingerprint density at radius 3 is 2.70 bits per heavy atom. The van der Waals surface area contributed by atoms with E-state index in [1.54, 1.807) is 18.2 Å². The van der Waals surface area contributed by atoms with Gasteiger partial charge in [-0.1, -0.05) is 17.7 Å². The monoisotopic (exact) mass is 415 g/mol. The number of carbonyl (C=O) groups excluding carboxylic acids is 3. The molecule has 0 unspecified atom stereocenters. The first kappa shape index (κ1) is 21.7. The van der Waals surface area contributed by atoms with Crippen LogP contribution >= 0.6 is 0 Å². The van der Waals surface area contributed by atoms with E-state index >= 15 is 0 Å². The molecule has 30 heavy (non-hydrogen) atoms. The van der Waals surface area contributed by atoms with Crippen molar-refractivity contribution >= 4 is 17.8 Å². The number of rotatable bonds is 9. The largest absolute Gasteiger partial charge is 0.493 e. The van der Waals surface area contributed by atoms with E-state index in [-0.39, 0.29) is 18.9 Å². The van der Waals surface area contributed by atoms with Gasteiger partial charge in [0.2, 0.25) is 5.91 Å². The molecule has 1 aliphatic heterocycles. The van der Waals surface area contributed by atoms with Crippen LogP contribution in [0.2, 0.25) is 0 Å². The summed E-state index contributed by atoms with van der Waals surface area (Å²) in [5.41, 5.74) is 2.11. The number of hydrogen-bond donors (Lipinski definition) is 2. The number of hydrogen-bond acceptors (Lipinski definition) is 5. The summed E-state index contributed by atoms with van der Waals surface area (Å²) in [5, 5.41) is 5.46. The number of amides is 4. The average molecular weight is 415 g/mol. The Balaban J connectivity index is 1.51. The summed E-state index contributed by atoms with van der Waals surface area (Å²) in [6.07, 6.45) is 7.67. The summed E-state index contributed by atoms with van der Waals surface area (Å²) in [6.45, 7) is 0.645. The number of imide groups is 1. The molecule has 1 atom stereocenters. The molecule has 1 saturated heterocycles. The molecule has 2 aliphatic rings. The van der Waals surface area contributed by atoms with Gasteiger partial charge in [-0.25, -0.2) is 4.79 Å². The average Bonchev–Trinajstić information content (AvgIpc) is 3.01. The summed E-state index contributed by atoms with van der Waals surface area (Å²) in [7, 11) is 3.06. The zero-order valence-electron chi connectivity index (χ0n) is 17.5. The summed E-state index contributed by atoms with van der Waals surface area (Å²) >= 11 is 0. The lowest BCUT2D eigenvalue weighted by Gasteiger charge is -2.15. The van der Waals surface area contributed by atoms with Gasteiger partial charge in [0.15, 0.2) is 11.5 Å². The van der Waals surface area contributed by atoms with E-state index < -0.39 is 18.0 Å². The van der Waals surface area contributed by atoms with E-state index in [1.807, 2.05) is 0 Å². The molecule has 1 heterocycles. The molecule has 8 heteroatoms. The van der Waals surface area contributed by atoms with Gasteiger partial charge in [-0.15, -0.1) is 0 Å². The molecule has 1 aromatic rings. The van der Waals surface area contributed by atoms with Gasteiger partial charge < -0.3 is 20.1 Å². The second kappa shape index (κ2) is 10.1. The van der Waals surface area contributed by atoms with Crippen molar-refractivity contribution in [3.05, 3.63) is 35.4 Å². The normalized spacial score (nSPS) is 18.7. The molecule has 0 saturated carbocycles. The van der Waals surface area contributed by atoms with E-state index in [0.717, 1.165) is 29.7 Å². The minimum atomic E-state index is -0.841. The second-order valence-electron chi connectivity index (χ2n) is 7.53. The highest BCUT2D eigenvalue weighted by molar-refractivity contribution is 6.05. The van der Waals surface area contributed by atoms with Crippen molar-refractivity contribution in [2.24, 2.45) is 0 Å². The molecule has 2 N–H and O–H groups in total. The van der Waals surface area contributed by atoms with Crippen LogP contribution in [0.5, 0.6) is 11.5 Å². The van der Waals surface area contributed by atoms with Crippen LogP contribution in [0.1, 0.15) is 44.1 Å². The maximum absolute atomic E-state index is 12.7. The SMILES string of the molecule is COc1ccc(CN2C(=O)N[C@@H](CC(=O)NCCC3=CCCCC3)C2=O)cc1OC. The van der Waals surface area contributed by atoms with Crippen LogP contribution in [0.4, 0.5) is 4.79 Å². The van der Waals surface area contributed by atoms with Crippen LogP contribution < -0.4 is 20.1 Å². The molecule has 0 aromatic heterocycles. The van der Waals surface area contributed by atoms with Gasteiger partial charge in [0, 0.05) is 6.54 Å². The van der Waals surface area contributed by atoms with Crippen molar-refractivity contribution in [2.45, 2.75) is 51.1 Å². The lowest BCUT2D eigenvalue weighted by atomic mass is 9.97. The number of allylic oxidation sites excluding steroid dienone is 1. The Labute approximate surface area is 176 Å². The third kappa shape index (κ3) is 5.31. The Morgan fingerprint density at radius 1 is 1.20 bits per heavy atom. The molecule has 1 fully saturated rings. The van der Waals surface area contributed by atoms with Gasteiger partial charge in [-0.3, -0.25) is 14.5 Å². The molecule has 162 valence electrons. The third-order valence-electron chi connectivity index (χ3n) is 5.44. The van der Waals surface area contributed by atoms with Gasteiger partial charge in [0.05, 0.1) is 27.2 Å². The van der Waals surface area contributed by atoms with Crippen LogP contribution in [0.25, 0.3) is 0 Å². The summed E-state index contributed by atoms with van der Waals surface area (Å²) in [6, 6.07) is 3.87. The van der Waals surface area contributed by atoms with Crippen LogP contribution in [-0.4, -0.2) is 49.6 Å². The number of nitrogens with one attached hydrogen (secondary N) is 2. The molecule has 0 spiro atoms. The second-order valence-corrected chi connectivity index (χ2v) is 7.53. The zero-order chi connectivity index (χ0) is 21.5. The summed E-state index contributed by atoms with van der Waals surface area (Å²) < 4.78 is 10.5. The predicted octanol–water partition coefficient (Wildman–Crippen LogP) is 2.52. The topological polar surface area (TPSA) is 97.0 Å². The number of methoxy groups -OCH3 is 2. The molecule has 0 radical (unpaired) electrons. The molecule has 1 aromatic carbocycles. The highest BCUT2D eigenvalue weighted by Gasteiger charge is 2.39. The quantitative estimate of drug-likeness (QED) is 0.477. The van der Waals surface area contributed by atoms with E-state index in [1.165, 1.54) is 32.6 Å². The molecule has 8 nitrogen and oxygen atoms in total. The fourth-order valence-electron chi connectivity index (χ4n) is 3.78. The van der Waals surface area contributed by atoms with Gasteiger partial charge in [0.25, 0.3) is 5.91 Å². The number of ether oxygens (including phenoxy) is 2. The Bertz CT molecular complexity index is 836. The first-order valence-electron chi connectivity index (χ1n) is 10.3. The highest BCUT2D eigenvalue weighted by Crippen LogP contribution is 2.28. The van der Waals surface area contributed by atoms with Crippen LogP contribution in [0.3, 0.4) is 0 Å². The highest BCUT2D eigenvalue weighted by atomic mass is 16.5. The number of benzene rings is 1. The Kier molecular flexibility index (Phi) is 7.32. The van der Waals surface area contributed by atoms with Crippen molar-refractivity contribution in [2.75, 3.05) is 20.8 Å². The van der Waals surface area contributed by atoms with Crippen LogP contribution in [0, 0.1) is 0 Å². The van der Waals surface area contributed by atoms with Gasteiger partial charge in [-0.05, 0) is 49.8 Å². The first-order valence-corrected chi connectivity index (χ1v) is 10.3. The van der Waals surface area contributed by atoms with E-state index in [9.17, 15) is 14.4 Å². The van der Waals surface area contributed by atoms with Gasteiger partial charge in [-0.2, -0.15) is 0 Å². The van der Waals surface area contributed by atoms with Gasteiger partial charge >= 0.3 is 6.03 Å². The maximum atomic E-state index is 12.7. The van der Waals surface area contributed by atoms with Gasteiger partial charge in [0.1, 0.15) is 6.04 Å². The molecule has 4 amide bonds. The minimum absolute atomic E-state index is 0.0634. The predicted molar refractivity (Wildman–Crippen MR) is 111 cm³/mol. The van der Waals surface area contributed by atoms with Crippen LogP contribution in [0.15, 0.2) is 29.8 Å². The lowest BCUT2D eigenvalue weighted by molar-refractivity contribution is -0.131. The zero-order valence-corrected chi connectivity index (χ0v) is 17.5. The maximum Gasteiger partial charge on any atom is 0.325 e. The molecule has 3 rings (SSSR count). The summed E-state index contributed by atoms with van der Waals surface area (Å²) in [4.78, 5) is 38.3. The standard InChI is InChI=1S/C22H29N3O5/c1-29-18-9-8-16(12-19(18)30-2)14-25-21(27)17(24-22(25)28)13-20(26)23-11-10-15-6-4-3-5-7-15/h6,8-9,12,17H,3-5,7,10-11,13-14H2,1-2H3,(H,23,26)(H,24,28)/t17-/m0/s1. The van der Waals surface area contributed by atoms with Crippen molar-refractivity contribution in [3.63, 3.8) is 0 Å². The van der Waals surface area contributed by atoms with Crippen molar-refractivity contribution in [3.8, 4) is 11.5 Å². The van der Waals surface area contributed by atoms with Crippen molar-refractivity contribution in [1.82, 2.24) is 15.5 Å². The lowest BCUT2D eigenvalue weighted by Crippen LogP contribution is -2.36. The summed E-state index contributed by atoms with van der Waals surface area (Å²) in [5.74, 6) is 0.445. The smallest absolute Gasteiger partial charge is 0.325 e. The van der Waals surface area contributed by atoms with Crippen molar-refractivity contribution in [1.29, 1.82) is 0 Å². The number of urea groups is 1. The van der Waals surface area contributed by atoms with E-state index in [0.29, 0.717) is 18.0 Å². The fraction of sp³-hybridized carbons (Fsp3) is 0.500. The molecular formula is C22H29N3O5. The van der Waals surface area contributed by atoms with E-state index in [2.05, 4.69) is 16.7 Å². The van der Waals surface area contributed by atoms with Crippen LogP contribution in [-0.2, 0) is 16.1 Å². The molecular weight excluding hydrogens is 386 g/mol. The molecule has 1 aliphatic carbocycles. The third-order valence-corrected chi connectivity index (χ3v) is 5.44. The minimum Gasteiger partial charge on any atom is -0.493 e. The number of nitrogens with zero attached hydrogens (tertiary/aromatic N) is 1. The van der Waals surface area contributed by atoms with Crippen molar-refractivity contribution < 1.29 is 23.9 Å².